The van der Waals surface area contributed by atoms with Crippen molar-refractivity contribution < 1.29 is 4.79 Å². The summed E-state index contributed by atoms with van der Waals surface area (Å²) in [5, 5.41) is 6.06. The summed E-state index contributed by atoms with van der Waals surface area (Å²) in [6.07, 6.45) is 3.22. The number of rotatable bonds is 5. The van der Waals surface area contributed by atoms with E-state index in [0.717, 1.165) is 19.3 Å². The Kier molecular flexibility index (Phi) is 6.12. The highest BCUT2D eigenvalue weighted by Crippen LogP contribution is 2.19. The molecule has 3 nitrogen and oxygen atoms in total. The normalized spacial score (nSPS) is 17.4. The molecule has 0 radical (unpaired) electrons. The van der Waals surface area contributed by atoms with E-state index in [4.69, 9.17) is 0 Å². The molecule has 0 unspecified atom stereocenters. The molecule has 0 heterocycles. The highest BCUT2D eigenvalue weighted by molar-refractivity contribution is 5.85. The van der Waals surface area contributed by atoms with Crippen molar-refractivity contribution in [1.29, 1.82) is 0 Å². The number of halogens is 1. The minimum Gasteiger partial charge on any atom is -0.352 e. The molecule has 14 heavy (non-hydrogen) atoms. The van der Waals surface area contributed by atoms with Crippen molar-refractivity contribution in [2.24, 2.45) is 5.92 Å². The molecule has 0 bridgehead atoms. The lowest BCUT2D eigenvalue weighted by Gasteiger charge is -2.17. The SMILES string of the molecule is CN[C@@H](CC(C)C)C(=O)NC1CC1.Cl. The first-order valence-electron chi connectivity index (χ1n) is 5.11. The molecule has 1 saturated carbocycles. The van der Waals surface area contributed by atoms with Gasteiger partial charge in [0.2, 0.25) is 5.91 Å². The quantitative estimate of drug-likeness (QED) is 0.734. The summed E-state index contributed by atoms with van der Waals surface area (Å²) >= 11 is 0. The Morgan fingerprint density at radius 2 is 2.00 bits per heavy atom. The van der Waals surface area contributed by atoms with E-state index in [1.165, 1.54) is 0 Å². The number of carbonyl (C=O) groups is 1. The van der Waals surface area contributed by atoms with Crippen LogP contribution in [0.2, 0.25) is 0 Å². The molecule has 0 spiro atoms. The molecule has 84 valence electrons. The van der Waals surface area contributed by atoms with Crippen molar-refractivity contribution in [2.45, 2.75) is 45.2 Å². The van der Waals surface area contributed by atoms with Crippen LogP contribution in [0.3, 0.4) is 0 Å². The van der Waals surface area contributed by atoms with Crippen LogP contribution in [0.1, 0.15) is 33.1 Å². The van der Waals surface area contributed by atoms with Gasteiger partial charge < -0.3 is 10.6 Å². The van der Waals surface area contributed by atoms with E-state index in [0.29, 0.717) is 12.0 Å². The summed E-state index contributed by atoms with van der Waals surface area (Å²) in [6, 6.07) is 0.455. The van der Waals surface area contributed by atoms with E-state index in [-0.39, 0.29) is 24.4 Å². The monoisotopic (exact) mass is 220 g/mol. The zero-order valence-corrected chi connectivity index (χ0v) is 9.99. The van der Waals surface area contributed by atoms with Gasteiger partial charge in [0.15, 0.2) is 0 Å². The van der Waals surface area contributed by atoms with Gasteiger partial charge in [0.1, 0.15) is 0 Å². The first-order valence-corrected chi connectivity index (χ1v) is 5.11. The second-order valence-electron chi connectivity index (χ2n) is 4.25. The van der Waals surface area contributed by atoms with E-state index in [1.54, 1.807) is 0 Å². The zero-order chi connectivity index (χ0) is 9.84. The third kappa shape index (κ3) is 4.82. The maximum atomic E-state index is 11.6. The predicted molar refractivity (Wildman–Crippen MR) is 60.7 cm³/mol. The van der Waals surface area contributed by atoms with Crippen LogP contribution in [0.25, 0.3) is 0 Å². The Balaban J connectivity index is 0.00000169. The smallest absolute Gasteiger partial charge is 0.237 e. The van der Waals surface area contributed by atoms with Crippen LogP contribution in [0.15, 0.2) is 0 Å². The molecule has 2 N–H and O–H groups in total. The van der Waals surface area contributed by atoms with Gasteiger partial charge in [-0.3, -0.25) is 4.79 Å². The standard InChI is InChI=1S/C10H20N2O.ClH/c1-7(2)6-9(11-3)10(13)12-8-4-5-8;/h7-9,11H,4-6H2,1-3H3,(H,12,13);1H/t9-;/m0./s1. The zero-order valence-electron chi connectivity index (χ0n) is 9.17. The minimum atomic E-state index is -0.0133. The van der Waals surface area contributed by atoms with E-state index >= 15 is 0 Å². The Bertz CT molecular complexity index is 181. The van der Waals surface area contributed by atoms with Gasteiger partial charge in [-0.15, -0.1) is 12.4 Å². The second kappa shape index (κ2) is 6.25. The van der Waals surface area contributed by atoms with E-state index in [9.17, 15) is 4.79 Å². The fourth-order valence-electron chi connectivity index (χ4n) is 1.36. The summed E-state index contributed by atoms with van der Waals surface area (Å²) in [4.78, 5) is 11.6. The third-order valence-electron chi connectivity index (χ3n) is 2.30. The van der Waals surface area contributed by atoms with Crippen LogP contribution in [-0.2, 0) is 4.79 Å². The number of nitrogens with one attached hydrogen (secondary N) is 2. The number of amides is 1. The molecule has 1 aliphatic rings. The molecule has 0 aliphatic heterocycles. The van der Waals surface area contributed by atoms with Crippen molar-refractivity contribution >= 4 is 18.3 Å². The van der Waals surface area contributed by atoms with Crippen molar-refractivity contribution in [1.82, 2.24) is 10.6 Å². The van der Waals surface area contributed by atoms with Crippen LogP contribution < -0.4 is 10.6 Å². The summed E-state index contributed by atoms with van der Waals surface area (Å²) in [5.74, 6) is 0.723. The topological polar surface area (TPSA) is 41.1 Å². The van der Waals surface area contributed by atoms with Crippen molar-refractivity contribution in [3.05, 3.63) is 0 Å². The summed E-state index contributed by atoms with van der Waals surface area (Å²) in [6.45, 7) is 4.27. The lowest BCUT2D eigenvalue weighted by Crippen LogP contribution is -2.44. The molecule has 0 aromatic rings. The summed E-state index contributed by atoms with van der Waals surface area (Å²) in [5.41, 5.74) is 0. The van der Waals surface area contributed by atoms with Crippen LogP contribution in [0.5, 0.6) is 0 Å². The van der Waals surface area contributed by atoms with Crippen LogP contribution in [-0.4, -0.2) is 25.0 Å². The highest BCUT2D eigenvalue weighted by Gasteiger charge is 2.26. The first kappa shape index (κ1) is 13.7. The van der Waals surface area contributed by atoms with E-state index in [1.807, 2.05) is 7.05 Å². The van der Waals surface area contributed by atoms with Gasteiger partial charge in [-0.25, -0.2) is 0 Å². The largest absolute Gasteiger partial charge is 0.352 e. The number of hydrogen-bond acceptors (Lipinski definition) is 2. The van der Waals surface area contributed by atoms with Gasteiger partial charge in [0.25, 0.3) is 0 Å². The highest BCUT2D eigenvalue weighted by atomic mass is 35.5. The van der Waals surface area contributed by atoms with Gasteiger partial charge in [0, 0.05) is 6.04 Å². The van der Waals surface area contributed by atoms with E-state index in [2.05, 4.69) is 24.5 Å². The van der Waals surface area contributed by atoms with Gasteiger partial charge >= 0.3 is 0 Å². The molecule has 1 amide bonds. The molecule has 1 fully saturated rings. The maximum absolute atomic E-state index is 11.6. The number of carbonyl (C=O) groups excluding carboxylic acids is 1. The Morgan fingerprint density at radius 1 is 1.43 bits per heavy atom. The van der Waals surface area contributed by atoms with Crippen LogP contribution in [0.4, 0.5) is 0 Å². The first-order chi connectivity index (χ1) is 6.13. The van der Waals surface area contributed by atoms with E-state index < -0.39 is 0 Å². The summed E-state index contributed by atoms with van der Waals surface area (Å²) < 4.78 is 0. The Hall–Kier alpha value is -0.280. The average molecular weight is 221 g/mol. The molecule has 0 aromatic heterocycles. The Labute approximate surface area is 92.4 Å². The van der Waals surface area contributed by atoms with Gasteiger partial charge in [-0.1, -0.05) is 13.8 Å². The van der Waals surface area contributed by atoms with Crippen LogP contribution in [0, 0.1) is 5.92 Å². The predicted octanol–water partition coefficient (Wildman–Crippen LogP) is 1.32. The number of likely N-dealkylation sites (N-methyl/N-ethyl adjacent to an activating group) is 1. The lowest BCUT2D eigenvalue weighted by molar-refractivity contribution is -0.123. The van der Waals surface area contributed by atoms with Gasteiger partial charge in [0.05, 0.1) is 6.04 Å². The van der Waals surface area contributed by atoms with Gasteiger partial charge in [-0.2, -0.15) is 0 Å². The third-order valence-corrected chi connectivity index (χ3v) is 2.30. The molecule has 0 aromatic carbocycles. The van der Waals surface area contributed by atoms with Crippen LogP contribution >= 0.6 is 12.4 Å². The molecule has 1 rings (SSSR count). The fourth-order valence-corrected chi connectivity index (χ4v) is 1.36. The molecule has 1 aliphatic carbocycles. The fraction of sp³-hybridized carbons (Fsp3) is 0.900. The molecule has 0 saturated heterocycles. The molecule has 1 atom stereocenters. The number of hydrogen-bond donors (Lipinski definition) is 2. The minimum absolute atomic E-state index is 0. The summed E-state index contributed by atoms with van der Waals surface area (Å²) in [7, 11) is 1.85. The van der Waals surface area contributed by atoms with Crippen molar-refractivity contribution in [2.75, 3.05) is 7.05 Å². The molecular weight excluding hydrogens is 200 g/mol. The second-order valence-corrected chi connectivity index (χ2v) is 4.25. The maximum Gasteiger partial charge on any atom is 0.237 e. The van der Waals surface area contributed by atoms with Crippen molar-refractivity contribution in [3.8, 4) is 0 Å². The average Bonchev–Trinajstić information content (AvgIpc) is 2.83. The Morgan fingerprint density at radius 3 is 2.36 bits per heavy atom. The molecule has 4 heteroatoms. The van der Waals surface area contributed by atoms with Crippen molar-refractivity contribution in [3.63, 3.8) is 0 Å². The molecular formula is C10H21ClN2O. The lowest BCUT2D eigenvalue weighted by atomic mass is 10.0. The van der Waals surface area contributed by atoms with Gasteiger partial charge in [-0.05, 0) is 32.2 Å².